The zero-order chi connectivity index (χ0) is 30.8. The van der Waals surface area contributed by atoms with E-state index in [2.05, 4.69) is 183 Å². The van der Waals surface area contributed by atoms with Gasteiger partial charge in [-0.05, 0) is 96.7 Å². The molecule has 1 heteroatoms. The van der Waals surface area contributed by atoms with Gasteiger partial charge >= 0.3 is 0 Å². The van der Waals surface area contributed by atoms with Gasteiger partial charge in [-0.25, -0.2) is 0 Å². The van der Waals surface area contributed by atoms with Gasteiger partial charge in [-0.1, -0.05) is 141 Å². The number of nitrogens with zero attached hydrogens (tertiary/aromatic N) is 1. The third-order valence-electron chi connectivity index (χ3n) is 10.0. The number of hydrogen-bond donors (Lipinski definition) is 0. The lowest BCUT2D eigenvalue weighted by Gasteiger charge is -2.29. The van der Waals surface area contributed by atoms with E-state index in [0.717, 1.165) is 5.69 Å². The monoisotopic (exact) mass is 587 g/mol. The lowest BCUT2D eigenvalue weighted by molar-refractivity contribution is 0.660. The molecule has 0 aliphatic heterocycles. The second kappa shape index (κ2) is 10.2. The van der Waals surface area contributed by atoms with Crippen molar-refractivity contribution in [1.82, 2.24) is 0 Å². The Balaban J connectivity index is 1.23. The van der Waals surface area contributed by atoms with Crippen molar-refractivity contribution in [1.29, 1.82) is 0 Å². The molecule has 218 valence electrons. The van der Waals surface area contributed by atoms with E-state index in [1.807, 2.05) is 0 Å². The molecule has 0 N–H and O–H groups in total. The minimum Gasteiger partial charge on any atom is -0.310 e. The summed E-state index contributed by atoms with van der Waals surface area (Å²) in [5.74, 6) is 0. The Hall–Kier alpha value is -5.66. The van der Waals surface area contributed by atoms with Crippen LogP contribution >= 0.6 is 0 Å². The molecule has 0 saturated heterocycles. The van der Waals surface area contributed by atoms with Crippen molar-refractivity contribution in [2.75, 3.05) is 4.90 Å². The van der Waals surface area contributed by atoms with Crippen LogP contribution in [0.2, 0.25) is 0 Å². The third kappa shape index (κ3) is 4.02. The summed E-state index contributed by atoms with van der Waals surface area (Å²) in [6.45, 7) is 4.71. The van der Waals surface area contributed by atoms with Crippen LogP contribution in [0.15, 0.2) is 164 Å². The Bertz CT molecular complexity index is 2440. The normalized spacial score (nSPS) is 13.2. The molecule has 8 aromatic carbocycles. The summed E-state index contributed by atoms with van der Waals surface area (Å²) in [6, 6.07) is 60.2. The van der Waals surface area contributed by atoms with Crippen LogP contribution in [-0.4, -0.2) is 0 Å². The molecule has 8 aromatic rings. The lowest BCUT2D eigenvalue weighted by Crippen LogP contribution is -2.16. The molecule has 0 unspecified atom stereocenters. The number of benzene rings is 8. The van der Waals surface area contributed by atoms with Gasteiger partial charge < -0.3 is 4.90 Å². The van der Waals surface area contributed by atoms with Gasteiger partial charge in [-0.3, -0.25) is 0 Å². The van der Waals surface area contributed by atoms with Gasteiger partial charge in [0, 0.05) is 22.2 Å². The molecule has 1 aliphatic carbocycles. The summed E-state index contributed by atoms with van der Waals surface area (Å²) >= 11 is 0. The fourth-order valence-corrected chi connectivity index (χ4v) is 7.75. The predicted octanol–water partition coefficient (Wildman–Crippen LogP) is 12.6. The van der Waals surface area contributed by atoms with E-state index in [1.165, 1.54) is 77.1 Å². The maximum atomic E-state index is 2.43. The van der Waals surface area contributed by atoms with Crippen LogP contribution in [0.3, 0.4) is 0 Å². The first-order valence-corrected chi connectivity index (χ1v) is 16.1. The predicted molar refractivity (Wildman–Crippen MR) is 197 cm³/mol. The summed E-state index contributed by atoms with van der Waals surface area (Å²) < 4.78 is 0. The highest BCUT2D eigenvalue weighted by Crippen LogP contribution is 2.51. The second-order valence-corrected chi connectivity index (χ2v) is 13.0. The van der Waals surface area contributed by atoms with E-state index in [4.69, 9.17) is 0 Å². The molecule has 0 amide bonds. The molecule has 0 saturated carbocycles. The Kier molecular flexibility index (Phi) is 5.92. The van der Waals surface area contributed by atoms with E-state index in [9.17, 15) is 0 Å². The number of hydrogen-bond acceptors (Lipinski definition) is 1. The lowest BCUT2D eigenvalue weighted by atomic mass is 9.82. The van der Waals surface area contributed by atoms with Crippen molar-refractivity contribution in [2.45, 2.75) is 19.3 Å². The van der Waals surface area contributed by atoms with Gasteiger partial charge in [-0.2, -0.15) is 0 Å². The van der Waals surface area contributed by atoms with E-state index in [1.54, 1.807) is 0 Å². The summed E-state index contributed by atoms with van der Waals surface area (Å²) in [6.07, 6.45) is 0. The average molecular weight is 588 g/mol. The minimum absolute atomic E-state index is 0.0760. The highest BCUT2D eigenvalue weighted by molar-refractivity contribution is 6.13. The highest BCUT2D eigenvalue weighted by Gasteiger charge is 2.35. The Labute approximate surface area is 270 Å². The quantitative estimate of drug-likeness (QED) is 0.185. The number of rotatable bonds is 4. The maximum absolute atomic E-state index is 2.43. The first-order chi connectivity index (χ1) is 22.6. The van der Waals surface area contributed by atoms with E-state index in [0.29, 0.717) is 0 Å². The van der Waals surface area contributed by atoms with Gasteiger partial charge in [0.1, 0.15) is 0 Å². The molecule has 0 atom stereocenters. The molecule has 0 spiro atoms. The Morgan fingerprint density at radius 1 is 0.391 bits per heavy atom. The Morgan fingerprint density at radius 3 is 1.83 bits per heavy atom. The summed E-state index contributed by atoms with van der Waals surface area (Å²) in [7, 11) is 0. The maximum Gasteiger partial charge on any atom is 0.0540 e. The first kappa shape index (κ1) is 26.7. The molecule has 0 bridgehead atoms. The fraction of sp³-hybridized carbons (Fsp3) is 0.0667. The van der Waals surface area contributed by atoms with Crippen LogP contribution in [0.1, 0.15) is 25.0 Å². The van der Waals surface area contributed by atoms with Crippen molar-refractivity contribution in [3.05, 3.63) is 175 Å². The second-order valence-electron chi connectivity index (χ2n) is 13.0. The van der Waals surface area contributed by atoms with Crippen LogP contribution < -0.4 is 4.90 Å². The van der Waals surface area contributed by atoms with E-state index >= 15 is 0 Å². The van der Waals surface area contributed by atoms with Crippen molar-refractivity contribution in [3.63, 3.8) is 0 Å². The zero-order valence-corrected chi connectivity index (χ0v) is 26.0. The topological polar surface area (TPSA) is 3.24 Å². The summed E-state index contributed by atoms with van der Waals surface area (Å²) in [5, 5.41) is 7.59. The average Bonchev–Trinajstić information content (AvgIpc) is 3.34. The van der Waals surface area contributed by atoms with Crippen molar-refractivity contribution in [3.8, 4) is 22.3 Å². The smallest absolute Gasteiger partial charge is 0.0540 e. The summed E-state index contributed by atoms with van der Waals surface area (Å²) in [5.41, 5.74) is 11.3. The van der Waals surface area contributed by atoms with Crippen LogP contribution in [0.5, 0.6) is 0 Å². The molecular formula is C45H33N. The van der Waals surface area contributed by atoms with Gasteiger partial charge in [0.05, 0.1) is 5.69 Å². The van der Waals surface area contributed by atoms with Crippen molar-refractivity contribution >= 4 is 49.4 Å². The number of anilines is 3. The Morgan fingerprint density at radius 2 is 1.00 bits per heavy atom. The summed E-state index contributed by atoms with van der Waals surface area (Å²) in [4.78, 5) is 2.43. The molecule has 0 aromatic heterocycles. The SMILES string of the molecule is CC1(C)c2ccccc2-c2ccc(N(c3ccc(-c4cc5ccccc5c5ccccc45)cc3)c3cccc4ccccc34)cc21. The van der Waals surface area contributed by atoms with Crippen molar-refractivity contribution < 1.29 is 0 Å². The number of fused-ring (bicyclic) bond motifs is 7. The van der Waals surface area contributed by atoms with Crippen LogP contribution in [-0.2, 0) is 5.41 Å². The zero-order valence-electron chi connectivity index (χ0n) is 26.0. The largest absolute Gasteiger partial charge is 0.310 e. The highest BCUT2D eigenvalue weighted by atomic mass is 15.1. The molecule has 0 heterocycles. The minimum atomic E-state index is -0.0760. The fourth-order valence-electron chi connectivity index (χ4n) is 7.75. The van der Waals surface area contributed by atoms with E-state index in [-0.39, 0.29) is 5.41 Å². The van der Waals surface area contributed by atoms with E-state index < -0.39 is 0 Å². The van der Waals surface area contributed by atoms with Crippen LogP contribution in [0.25, 0.3) is 54.6 Å². The van der Waals surface area contributed by atoms with Gasteiger partial charge in [0.2, 0.25) is 0 Å². The standard InChI is InChI=1S/C45H33N/c1-45(2)42-20-10-9-19-39(42)40-27-26-34(29-43(40)45)46(44-21-11-14-30-12-3-6-16-36(30)44)33-24-22-31(23-25-33)41-28-32-13-4-5-15-35(32)37-17-7-8-18-38(37)41/h3-29H,1-2H3. The van der Waals surface area contributed by atoms with Crippen LogP contribution in [0, 0.1) is 0 Å². The van der Waals surface area contributed by atoms with Gasteiger partial charge in [-0.15, -0.1) is 0 Å². The first-order valence-electron chi connectivity index (χ1n) is 16.1. The van der Waals surface area contributed by atoms with Crippen molar-refractivity contribution in [2.24, 2.45) is 0 Å². The molecule has 1 aliphatic rings. The molecule has 0 radical (unpaired) electrons. The molecular weight excluding hydrogens is 555 g/mol. The van der Waals surface area contributed by atoms with Gasteiger partial charge in [0.25, 0.3) is 0 Å². The molecule has 1 nitrogen and oxygen atoms in total. The third-order valence-corrected chi connectivity index (χ3v) is 10.0. The molecule has 0 fully saturated rings. The molecule has 46 heavy (non-hydrogen) atoms. The van der Waals surface area contributed by atoms with Crippen LogP contribution in [0.4, 0.5) is 17.1 Å². The molecule has 9 rings (SSSR count). The van der Waals surface area contributed by atoms with Gasteiger partial charge in [0.15, 0.2) is 0 Å².